The van der Waals surface area contributed by atoms with Crippen molar-refractivity contribution in [3.05, 3.63) is 59.2 Å². The van der Waals surface area contributed by atoms with Crippen molar-refractivity contribution in [2.24, 2.45) is 5.92 Å². The Morgan fingerprint density at radius 2 is 1.68 bits per heavy atom. The summed E-state index contributed by atoms with van der Waals surface area (Å²) in [6.07, 6.45) is 5.08. The lowest BCUT2D eigenvalue weighted by molar-refractivity contribution is -0.159. The van der Waals surface area contributed by atoms with Gasteiger partial charge in [0.25, 0.3) is 11.8 Å². The fraction of sp³-hybridized carbons (Fsp3) is 0.533. The Kier molecular flexibility index (Phi) is 5.84. The number of epoxide rings is 1. The molecule has 0 saturated carbocycles. The molecule has 0 aromatic heterocycles. The number of ether oxygens (including phenoxy) is 3. The molecular weight excluding hydrogens is 470 g/mol. The SMILES string of the molecule is CC1(C)O[C@H]1CC[C@]1(C)Oc2c(O)cccc2[C@@H]2O[C@H](CCCN3C(=O)c4ccccc4C3=O)CC[C@H]21. The maximum absolute atomic E-state index is 12.7. The van der Waals surface area contributed by atoms with Crippen LogP contribution in [0.5, 0.6) is 11.5 Å². The molecule has 2 aromatic carbocycles. The van der Waals surface area contributed by atoms with E-state index in [2.05, 4.69) is 20.8 Å². The number of carbonyl (C=O) groups excluding carboxylic acids is 2. The highest BCUT2D eigenvalue weighted by Gasteiger charge is 2.53. The zero-order valence-corrected chi connectivity index (χ0v) is 21.7. The molecule has 196 valence electrons. The van der Waals surface area contributed by atoms with Crippen LogP contribution in [-0.4, -0.2) is 51.8 Å². The third kappa shape index (κ3) is 4.22. The fourth-order valence-corrected chi connectivity index (χ4v) is 6.51. The Bertz CT molecular complexity index is 1210. The molecule has 6 rings (SSSR count). The standard InChI is InChI=1S/C30H35NO6/c1-29(2)24(36-29)15-16-30(3)22-14-13-18(35-25(22)21-11-6-12-23(32)26(21)37-30)8-7-17-31-27(33)19-9-4-5-10-20(19)28(31)34/h4-6,9-12,18,22,24-25,32H,7-8,13-17H2,1-3H3/t18-,22-,24+,25+,30+/m1/s1. The zero-order valence-electron chi connectivity index (χ0n) is 21.7. The Balaban J connectivity index is 1.13. The largest absolute Gasteiger partial charge is 0.504 e. The molecule has 0 spiro atoms. The first-order chi connectivity index (χ1) is 17.7. The topological polar surface area (TPSA) is 88.6 Å². The normalized spacial score (nSPS) is 31.4. The number of carbonyl (C=O) groups is 2. The summed E-state index contributed by atoms with van der Waals surface area (Å²) >= 11 is 0. The van der Waals surface area contributed by atoms with Crippen molar-refractivity contribution in [2.45, 2.75) is 88.8 Å². The van der Waals surface area contributed by atoms with E-state index in [0.29, 0.717) is 29.8 Å². The fourth-order valence-electron chi connectivity index (χ4n) is 6.51. The van der Waals surface area contributed by atoms with Gasteiger partial charge in [-0.15, -0.1) is 0 Å². The molecule has 2 fully saturated rings. The van der Waals surface area contributed by atoms with E-state index in [4.69, 9.17) is 14.2 Å². The van der Waals surface area contributed by atoms with Crippen molar-refractivity contribution in [3.8, 4) is 11.5 Å². The number of hydrogen-bond acceptors (Lipinski definition) is 6. The number of imide groups is 1. The van der Waals surface area contributed by atoms with Gasteiger partial charge in [0, 0.05) is 18.0 Å². The maximum Gasteiger partial charge on any atom is 0.261 e. The number of aromatic hydroxyl groups is 1. The van der Waals surface area contributed by atoms with E-state index in [-0.39, 0.29) is 47.4 Å². The van der Waals surface area contributed by atoms with Crippen LogP contribution >= 0.6 is 0 Å². The number of rotatable bonds is 7. The summed E-state index contributed by atoms with van der Waals surface area (Å²) in [4.78, 5) is 26.8. The molecule has 7 heteroatoms. The molecule has 1 N–H and O–H groups in total. The number of benzene rings is 2. The lowest BCUT2D eigenvalue weighted by atomic mass is 9.72. The summed E-state index contributed by atoms with van der Waals surface area (Å²) in [6.45, 7) is 6.75. The van der Waals surface area contributed by atoms with Crippen LogP contribution in [0.25, 0.3) is 0 Å². The molecule has 0 radical (unpaired) electrons. The van der Waals surface area contributed by atoms with Gasteiger partial charge in [-0.25, -0.2) is 0 Å². The Hall–Kier alpha value is -2.90. The minimum absolute atomic E-state index is 0.0136. The summed E-state index contributed by atoms with van der Waals surface area (Å²) in [5.41, 5.74) is 1.33. The maximum atomic E-state index is 12.7. The number of hydrogen-bond donors (Lipinski definition) is 1. The predicted molar refractivity (Wildman–Crippen MR) is 137 cm³/mol. The Morgan fingerprint density at radius 3 is 2.35 bits per heavy atom. The van der Waals surface area contributed by atoms with E-state index < -0.39 is 5.60 Å². The lowest BCUT2D eigenvalue weighted by Gasteiger charge is -2.50. The van der Waals surface area contributed by atoms with E-state index in [0.717, 1.165) is 37.7 Å². The van der Waals surface area contributed by atoms with Gasteiger partial charge in [-0.3, -0.25) is 14.5 Å². The van der Waals surface area contributed by atoms with Crippen LogP contribution < -0.4 is 4.74 Å². The van der Waals surface area contributed by atoms with Crippen LogP contribution in [0, 0.1) is 5.92 Å². The van der Waals surface area contributed by atoms with Crippen LogP contribution in [0.2, 0.25) is 0 Å². The molecule has 5 atom stereocenters. The monoisotopic (exact) mass is 505 g/mol. The third-order valence-electron chi connectivity index (χ3n) is 8.81. The van der Waals surface area contributed by atoms with Crippen LogP contribution in [-0.2, 0) is 9.47 Å². The Labute approximate surface area is 217 Å². The molecule has 0 bridgehead atoms. The quantitative estimate of drug-likeness (QED) is 0.400. The minimum atomic E-state index is -0.469. The summed E-state index contributed by atoms with van der Waals surface area (Å²) in [6, 6.07) is 12.5. The highest BCUT2D eigenvalue weighted by Crippen LogP contribution is 2.55. The first-order valence-corrected chi connectivity index (χ1v) is 13.5. The second-order valence-corrected chi connectivity index (χ2v) is 11.7. The number of phenolic OH excluding ortho intramolecular Hbond substituents is 1. The van der Waals surface area contributed by atoms with Crippen molar-refractivity contribution in [2.75, 3.05) is 6.54 Å². The molecule has 4 heterocycles. The van der Waals surface area contributed by atoms with Crippen LogP contribution in [0.4, 0.5) is 0 Å². The van der Waals surface area contributed by atoms with Gasteiger partial charge in [0.15, 0.2) is 11.5 Å². The molecule has 2 amide bonds. The smallest absolute Gasteiger partial charge is 0.261 e. The highest BCUT2D eigenvalue weighted by atomic mass is 16.6. The highest BCUT2D eigenvalue weighted by molar-refractivity contribution is 6.21. The number of phenols is 1. The van der Waals surface area contributed by atoms with Crippen molar-refractivity contribution in [1.82, 2.24) is 4.90 Å². The summed E-state index contributed by atoms with van der Waals surface area (Å²) in [5.74, 6) is 0.405. The van der Waals surface area contributed by atoms with Crippen LogP contribution in [0.1, 0.15) is 91.7 Å². The minimum Gasteiger partial charge on any atom is -0.504 e. The summed E-state index contributed by atoms with van der Waals surface area (Å²) in [5, 5.41) is 10.6. The van der Waals surface area contributed by atoms with Gasteiger partial charge in [0.05, 0.1) is 35.0 Å². The van der Waals surface area contributed by atoms with Gasteiger partial charge in [-0.05, 0) is 77.5 Å². The number of para-hydroxylation sites is 1. The van der Waals surface area contributed by atoms with Crippen molar-refractivity contribution in [3.63, 3.8) is 0 Å². The van der Waals surface area contributed by atoms with Gasteiger partial charge in [0.1, 0.15) is 5.60 Å². The van der Waals surface area contributed by atoms with Gasteiger partial charge in [0.2, 0.25) is 0 Å². The summed E-state index contributed by atoms with van der Waals surface area (Å²) in [7, 11) is 0. The summed E-state index contributed by atoms with van der Waals surface area (Å²) < 4.78 is 19.1. The van der Waals surface area contributed by atoms with Gasteiger partial charge in [-0.2, -0.15) is 0 Å². The average molecular weight is 506 g/mol. The van der Waals surface area contributed by atoms with E-state index in [1.807, 2.05) is 12.1 Å². The second kappa shape index (κ2) is 8.84. The van der Waals surface area contributed by atoms with Gasteiger partial charge >= 0.3 is 0 Å². The number of fused-ring (bicyclic) bond motifs is 4. The number of nitrogens with zero attached hydrogens (tertiary/aromatic N) is 1. The molecule has 4 aliphatic heterocycles. The molecule has 2 aromatic rings. The van der Waals surface area contributed by atoms with Crippen molar-refractivity contribution >= 4 is 11.8 Å². The second-order valence-electron chi connectivity index (χ2n) is 11.7. The molecular formula is C30H35NO6. The molecule has 37 heavy (non-hydrogen) atoms. The first kappa shape index (κ1) is 24.4. The van der Waals surface area contributed by atoms with Crippen molar-refractivity contribution in [1.29, 1.82) is 0 Å². The zero-order chi connectivity index (χ0) is 25.9. The third-order valence-corrected chi connectivity index (χ3v) is 8.81. The van der Waals surface area contributed by atoms with Crippen LogP contribution in [0.15, 0.2) is 42.5 Å². The van der Waals surface area contributed by atoms with E-state index >= 15 is 0 Å². The predicted octanol–water partition coefficient (Wildman–Crippen LogP) is 5.41. The molecule has 7 nitrogen and oxygen atoms in total. The Morgan fingerprint density at radius 1 is 0.973 bits per heavy atom. The van der Waals surface area contributed by atoms with Crippen molar-refractivity contribution < 1.29 is 28.9 Å². The van der Waals surface area contributed by atoms with E-state index in [1.54, 1.807) is 30.3 Å². The van der Waals surface area contributed by atoms with E-state index in [9.17, 15) is 14.7 Å². The van der Waals surface area contributed by atoms with Gasteiger partial charge < -0.3 is 19.3 Å². The number of amides is 2. The molecule has 0 aliphatic carbocycles. The van der Waals surface area contributed by atoms with E-state index in [1.165, 1.54) is 4.90 Å². The first-order valence-electron chi connectivity index (χ1n) is 13.5. The lowest BCUT2D eigenvalue weighted by Crippen LogP contribution is -2.50. The average Bonchev–Trinajstić information content (AvgIpc) is 3.44. The van der Waals surface area contributed by atoms with Gasteiger partial charge in [-0.1, -0.05) is 24.3 Å². The molecule has 0 unspecified atom stereocenters. The van der Waals surface area contributed by atoms with Crippen LogP contribution in [0.3, 0.4) is 0 Å². The molecule has 2 saturated heterocycles. The molecule has 4 aliphatic rings.